The van der Waals surface area contributed by atoms with Crippen LogP contribution in [-0.2, 0) is 14.3 Å². The number of Topliss-reactive ketones (excluding diaryl/α,β-unsaturated/α-hetero) is 1. The number of nitrogens with zero attached hydrogens (tertiary/aromatic N) is 1. The highest BCUT2D eigenvalue weighted by molar-refractivity contribution is 6.46. The van der Waals surface area contributed by atoms with Crippen molar-refractivity contribution in [1.29, 1.82) is 0 Å². The van der Waals surface area contributed by atoms with Gasteiger partial charge in [-0.2, -0.15) is 0 Å². The predicted molar refractivity (Wildman–Crippen MR) is 113 cm³/mol. The van der Waals surface area contributed by atoms with Crippen molar-refractivity contribution in [3.63, 3.8) is 0 Å². The smallest absolute Gasteiger partial charge is 0.295 e. The van der Waals surface area contributed by atoms with Gasteiger partial charge in [0.15, 0.2) is 11.5 Å². The summed E-state index contributed by atoms with van der Waals surface area (Å²) in [5.74, 6) is -0.164. The summed E-state index contributed by atoms with van der Waals surface area (Å²) in [6, 6.07) is 10.9. The van der Waals surface area contributed by atoms with Gasteiger partial charge in [0.2, 0.25) is 0 Å². The molecule has 0 unspecified atom stereocenters. The van der Waals surface area contributed by atoms with E-state index in [1.807, 2.05) is 0 Å². The van der Waals surface area contributed by atoms with Crippen LogP contribution in [0.5, 0.6) is 17.2 Å². The Morgan fingerprint density at radius 1 is 0.935 bits per heavy atom. The van der Waals surface area contributed by atoms with Gasteiger partial charge in [0.05, 0.1) is 39.6 Å². The molecule has 1 aliphatic rings. The lowest BCUT2D eigenvalue weighted by molar-refractivity contribution is -0.140. The third-order valence-electron chi connectivity index (χ3n) is 5.16. The number of methoxy groups -OCH3 is 4. The Balaban J connectivity index is 2.17. The second-order valence-electron chi connectivity index (χ2n) is 6.83. The molecule has 1 heterocycles. The van der Waals surface area contributed by atoms with E-state index in [0.717, 1.165) is 0 Å². The highest BCUT2D eigenvalue weighted by Crippen LogP contribution is 2.41. The van der Waals surface area contributed by atoms with Gasteiger partial charge in [0, 0.05) is 19.2 Å². The molecule has 0 saturated carbocycles. The molecule has 1 saturated heterocycles. The quantitative estimate of drug-likeness (QED) is 0.393. The summed E-state index contributed by atoms with van der Waals surface area (Å²) in [5, 5.41) is 11.0. The normalized spacial score (nSPS) is 17.7. The van der Waals surface area contributed by atoms with Crippen LogP contribution in [0, 0.1) is 0 Å². The van der Waals surface area contributed by atoms with Crippen molar-refractivity contribution >= 4 is 17.4 Å². The number of ketones is 1. The van der Waals surface area contributed by atoms with Crippen LogP contribution in [0.15, 0.2) is 48.0 Å². The lowest BCUT2D eigenvalue weighted by atomic mass is 9.95. The molecule has 2 aromatic carbocycles. The Kier molecular flexibility index (Phi) is 6.81. The minimum Gasteiger partial charge on any atom is -0.507 e. The Labute approximate surface area is 180 Å². The summed E-state index contributed by atoms with van der Waals surface area (Å²) < 4.78 is 20.9. The van der Waals surface area contributed by atoms with Crippen LogP contribution in [0.2, 0.25) is 0 Å². The highest BCUT2D eigenvalue weighted by Gasteiger charge is 2.46. The number of amides is 1. The van der Waals surface area contributed by atoms with Gasteiger partial charge >= 0.3 is 0 Å². The Morgan fingerprint density at radius 3 is 2.19 bits per heavy atom. The predicted octanol–water partition coefficient (Wildman–Crippen LogP) is 2.78. The van der Waals surface area contributed by atoms with Crippen molar-refractivity contribution < 1.29 is 33.6 Å². The van der Waals surface area contributed by atoms with Crippen LogP contribution in [0.4, 0.5) is 0 Å². The molecule has 1 aliphatic heterocycles. The summed E-state index contributed by atoms with van der Waals surface area (Å²) in [6.07, 6.45) is 0. The van der Waals surface area contributed by atoms with Crippen molar-refractivity contribution in [2.75, 3.05) is 41.6 Å². The van der Waals surface area contributed by atoms with Gasteiger partial charge in [-0.05, 0) is 42.0 Å². The molecule has 0 aliphatic carbocycles. The molecule has 1 amide bonds. The number of carbonyl (C=O) groups is 2. The second-order valence-corrected chi connectivity index (χ2v) is 6.83. The number of hydrogen-bond donors (Lipinski definition) is 1. The van der Waals surface area contributed by atoms with Crippen LogP contribution in [0.3, 0.4) is 0 Å². The zero-order valence-corrected chi connectivity index (χ0v) is 17.9. The molecule has 2 aromatic rings. The fraction of sp³-hybridized carbons (Fsp3) is 0.304. The number of rotatable bonds is 8. The van der Waals surface area contributed by atoms with E-state index < -0.39 is 17.7 Å². The van der Waals surface area contributed by atoms with Gasteiger partial charge in [0.25, 0.3) is 11.7 Å². The summed E-state index contributed by atoms with van der Waals surface area (Å²) in [7, 11) is 6.07. The van der Waals surface area contributed by atoms with Gasteiger partial charge in [0.1, 0.15) is 11.5 Å². The molecule has 31 heavy (non-hydrogen) atoms. The first kappa shape index (κ1) is 22.2. The van der Waals surface area contributed by atoms with E-state index in [1.54, 1.807) is 42.5 Å². The largest absolute Gasteiger partial charge is 0.507 e. The molecular formula is C23H25NO7. The lowest BCUT2D eigenvalue weighted by Crippen LogP contribution is -2.32. The zero-order chi connectivity index (χ0) is 22.5. The van der Waals surface area contributed by atoms with Crippen molar-refractivity contribution in [2.45, 2.75) is 6.04 Å². The maximum absolute atomic E-state index is 12.9. The molecule has 8 nitrogen and oxygen atoms in total. The second kappa shape index (κ2) is 9.53. The van der Waals surface area contributed by atoms with E-state index >= 15 is 0 Å². The summed E-state index contributed by atoms with van der Waals surface area (Å²) in [4.78, 5) is 27.2. The van der Waals surface area contributed by atoms with Crippen molar-refractivity contribution in [1.82, 2.24) is 4.90 Å². The number of aliphatic hydroxyl groups is 1. The summed E-state index contributed by atoms with van der Waals surface area (Å²) in [6.45, 7) is 0.416. The molecule has 0 aromatic heterocycles. The van der Waals surface area contributed by atoms with E-state index in [9.17, 15) is 14.7 Å². The molecular weight excluding hydrogens is 402 g/mol. The number of benzene rings is 2. The fourth-order valence-electron chi connectivity index (χ4n) is 3.57. The molecule has 0 bridgehead atoms. The van der Waals surface area contributed by atoms with E-state index in [4.69, 9.17) is 18.9 Å². The van der Waals surface area contributed by atoms with Crippen LogP contribution in [0.25, 0.3) is 5.76 Å². The average molecular weight is 427 g/mol. The third kappa shape index (κ3) is 4.20. The van der Waals surface area contributed by atoms with Crippen LogP contribution in [0.1, 0.15) is 17.2 Å². The molecule has 1 N–H and O–H groups in total. The third-order valence-corrected chi connectivity index (χ3v) is 5.16. The van der Waals surface area contributed by atoms with Gasteiger partial charge in [-0.15, -0.1) is 0 Å². The molecule has 0 radical (unpaired) electrons. The number of hydrogen-bond acceptors (Lipinski definition) is 7. The highest BCUT2D eigenvalue weighted by atomic mass is 16.5. The maximum Gasteiger partial charge on any atom is 0.295 e. The fourth-order valence-corrected chi connectivity index (χ4v) is 3.57. The van der Waals surface area contributed by atoms with E-state index in [1.165, 1.54) is 33.3 Å². The number of aliphatic hydroxyl groups excluding tert-OH is 1. The van der Waals surface area contributed by atoms with Gasteiger partial charge in [-0.25, -0.2) is 0 Å². The van der Waals surface area contributed by atoms with Crippen molar-refractivity contribution in [3.8, 4) is 17.2 Å². The SMILES string of the molecule is COCCN1C(=O)C(=O)C(=C(O)c2ccc(OC)cc2)[C@@H]1c1ccc(OC)c(OC)c1. The van der Waals surface area contributed by atoms with Crippen LogP contribution < -0.4 is 14.2 Å². The van der Waals surface area contributed by atoms with E-state index in [-0.39, 0.29) is 24.5 Å². The van der Waals surface area contributed by atoms with Gasteiger partial charge in [-0.3, -0.25) is 9.59 Å². The summed E-state index contributed by atoms with van der Waals surface area (Å²) >= 11 is 0. The summed E-state index contributed by atoms with van der Waals surface area (Å²) in [5.41, 5.74) is 0.998. The first-order chi connectivity index (χ1) is 15.0. The van der Waals surface area contributed by atoms with Crippen molar-refractivity contribution in [3.05, 3.63) is 59.2 Å². The lowest BCUT2D eigenvalue weighted by Gasteiger charge is -2.25. The van der Waals surface area contributed by atoms with Crippen LogP contribution in [-0.4, -0.2) is 63.3 Å². The Hall–Kier alpha value is -3.52. The zero-order valence-electron chi connectivity index (χ0n) is 17.9. The monoisotopic (exact) mass is 427 g/mol. The molecule has 0 spiro atoms. The Bertz CT molecular complexity index is 997. The first-order valence-electron chi connectivity index (χ1n) is 9.60. The molecule has 3 rings (SSSR count). The number of carbonyl (C=O) groups excluding carboxylic acids is 2. The number of likely N-dealkylation sites (tertiary alicyclic amines) is 1. The number of ether oxygens (including phenoxy) is 4. The van der Waals surface area contributed by atoms with E-state index in [0.29, 0.717) is 28.4 Å². The first-order valence-corrected chi connectivity index (χ1v) is 9.60. The maximum atomic E-state index is 12.9. The van der Waals surface area contributed by atoms with Crippen LogP contribution >= 0.6 is 0 Å². The molecule has 8 heteroatoms. The van der Waals surface area contributed by atoms with Crippen molar-refractivity contribution in [2.24, 2.45) is 0 Å². The van der Waals surface area contributed by atoms with E-state index in [2.05, 4.69) is 0 Å². The average Bonchev–Trinajstić information content (AvgIpc) is 3.06. The molecule has 1 fully saturated rings. The molecule has 164 valence electrons. The Morgan fingerprint density at radius 2 is 1.61 bits per heavy atom. The minimum absolute atomic E-state index is 0.00140. The topological polar surface area (TPSA) is 94.5 Å². The standard InChI is InChI=1S/C23H25NO7/c1-28-12-11-24-20(15-7-10-17(30-3)18(13-15)31-4)19(22(26)23(24)27)21(25)14-5-8-16(29-2)9-6-14/h5-10,13,20,25H,11-12H2,1-4H3/t20-/m0/s1. The van der Waals surface area contributed by atoms with Gasteiger partial charge < -0.3 is 29.0 Å². The molecule has 1 atom stereocenters. The minimum atomic E-state index is -0.808. The van der Waals surface area contributed by atoms with Gasteiger partial charge in [-0.1, -0.05) is 6.07 Å².